The van der Waals surface area contributed by atoms with Crippen molar-refractivity contribution in [2.75, 3.05) is 0 Å². The summed E-state index contributed by atoms with van der Waals surface area (Å²) in [6, 6.07) is 12.1. The molecule has 1 aromatic carbocycles. The number of nitrogens with zero attached hydrogens (tertiary/aromatic N) is 2. The Balaban J connectivity index is -0.000000433. The van der Waals surface area contributed by atoms with Crippen LogP contribution in [0.1, 0.15) is 20.8 Å². The number of benzene rings is 1. The van der Waals surface area contributed by atoms with Crippen molar-refractivity contribution in [3.8, 4) is 0 Å². The van der Waals surface area contributed by atoms with Gasteiger partial charge in [-0.05, 0) is 45.7 Å². The Hall–Kier alpha value is -2.89. The van der Waals surface area contributed by atoms with Crippen molar-refractivity contribution in [1.82, 2.24) is 9.97 Å². The number of carboxylic acid groups (broad SMARTS) is 1. The van der Waals surface area contributed by atoms with Gasteiger partial charge in [0.15, 0.2) is 6.10 Å². The van der Waals surface area contributed by atoms with E-state index in [2.05, 4.69) is 66.1 Å². The Labute approximate surface area is 213 Å². The van der Waals surface area contributed by atoms with E-state index in [0.717, 1.165) is 27.7 Å². The normalized spacial score (nSPS) is 10.6. The standard InChI is InChI=1S/C12H8N2.C6H10O5.C4H7.2CO.Mo/c1-3-9-5-6-10-4-2-8-14-12(10)11(9)13-7-1;1-3(7)6(10)11-4(2)5(8)9;1-4(2)3;2*1-2;/h1-8H;3-4,7H,1-2H3,(H,8,9);1-2H2,3H3;;;. The SMILES string of the molecule is CC(O)C(=O)OC(C)C(=O)O.[C-]#[O+].[C-]#[O+].[CH2][C]([CH2])C.[Mo].c1cnc2c(c1)ccc1cccnc12. The van der Waals surface area contributed by atoms with E-state index >= 15 is 0 Å². The van der Waals surface area contributed by atoms with Gasteiger partial charge >= 0.3 is 34.5 Å². The van der Waals surface area contributed by atoms with Crippen molar-refractivity contribution in [3.63, 3.8) is 0 Å². The molecule has 0 fully saturated rings. The number of aliphatic hydroxyl groups is 1. The summed E-state index contributed by atoms with van der Waals surface area (Å²) >= 11 is 0. The van der Waals surface area contributed by atoms with Crippen molar-refractivity contribution >= 4 is 33.7 Å². The van der Waals surface area contributed by atoms with E-state index in [4.69, 9.17) is 19.5 Å². The van der Waals surface area contributed by atoms with E-state index in [9.17, 15) is 9.59 Å². The summed E-state index contributed by atoms with van der Waals surface area (Å²) in [5.41, 5.74) is 1.95. The average molecular weight is 549 g/mol. The van der Waals surface area contributed by atoms with Crippen LogP contribution < -0.4 is 0 Å². The topological polar surface area (TPSA) is 149 Å². The number of aromatic nitrogens is 2. The van der Waals surface area contributed by atoms with Gasteiger partial charge in [0.05, 0.1) is 11.0 Å². The van der Waals surface area contributed by atoms with Gasteiger partial charge in [-0.2, -0.15) is 0 Å². The Kier molecular flexibility index (Phi) is 21.7. The summed E-state index contributed by atoms with van der Waals surface area (Å²) < 4.78 is 19.3. The Bertz CT molecular complexity index is 973. The number of rotatable bonds is 3. The molecule has 3 radical (unpaired) electrons. The van der Waals surface area contributed by atoms with Crippen LogP contribution in [0.2, 0.25) is 0 Å². The Morgan fingerprint density at radius 1 is 0.941 bits per heavy atom. The molecule has 0 bridgehead atoms. The van der Waals surface area contributed by atoms with Crippen LogP contribution >= 0.6 is 0 Å². The van der Waals surface area contributed by atoms with Crippen LogP contribution in [0, 0.1) is 33.1 Å². The molecule has 2 atom stereocenters. The molecule has 0 spiro atoms. The summed E-state index contributed by atoms with van der Waals surface area (Å²) in [5.74, 6) is -1.25. The Morgan fingerprint density at radius 2 is 1.29 bits per heavy atom. The van der Waals surface area contributed by atoms with Gasteiger partial charge in [0, 0.05) is 44.2 Å². The molecule has 0 saturated heterocycles. The third-order valence-corrected chi connectivity index (χ3v) is 3.33. The molecule has 2 aromatic heterocycles. The van der Waals surface area contributed by atoms with Crippen LogP contribution in [0.25, 0.3) is 21.8 Å². The molecular formula is C24H25MoN2O7. The van der Waals surface area contributed by atoms with E-state index in [-0.39, 0.29) is 21.1 Å². The zero-order valence-electron chi connectivity index (χ0n) is 18.9. The van der Waals surface area contributed by atoms with Crippen LogP contribution in [-0.4, -0.2) is 44.3 Å². The number of hydrogen-bond donors (Lipinski definition) is 2. The molecule has 179 valence electrons. The number of carbonyl (C=O) groups excluding carboxylic acids is 1. The largest absolute Gasteiger partial charge is 0.254 e. The summed E-state index contributed by atoms with van der Waals surface area (Å²) in [6.07, 6.45) is 1.11. The zero-order valence-corrected chi connectivity index (χ0v) is 20.9. The second-order valence-corrected chi connectivity index (χ2v) is 6.27. The number of esters is 1. The predicted molar refractivity (Wildman–Crippen MR) is 119 cm³/mol. The summed E-state index contributed by atoms with van der Waals surface area (Å²) in [6.45, 7) is 20.2. The van der Waals surface area contributed by atoms with Crippen LogP contribution in [0.4, 0.5) is 0 Å². The molecule has 10 heteroatoms. The molecule has 2 N–H and O–H groups in total. The van der Waals surface area contributed by atoms with E-state index in [0.29, 0.717) is 0 Å². The Morgan fingerprint density at radius 3 is 1.59 bits per heavy atom. The first-order valence-electron chi connectivity index (χ1n) is 9.21. The van der Waals surface area contributed by atoms with Crippen LogP contribution in [0.15, 0.2) is 48.8 Å². The molecule has 3 aromatic rings. The summed E-state index contributed by atoms with van der Waals surface area (Å²) in [5, 5.41) is 19.1. The van der Waals surface area contributed by atoms with Crippen LogP contribution in [0.5, 0.6) is 0 Å². The fourth-order valence-electron chi connectivity index (χ4n) is 2.00. The number of pyridine rings is 2. The monoisotopic (exact) mass is 551 g/mol. The third-order valence-electron chi connectivity index (χ3n) is 3.33. The summed E-state index contributed by atoms with van der Waals surface area (Å²) in [4.78, 5) is 29.3. The quantitative estimate of drug-likeness (QED) is 0.167. The molecule has 0 saturated carbocycles. The molecule has 9 nitrogen and oxygen atoms in total. The molecular weight excluding hydrogens is 524 g/mol. The smallest absolute Gasteiger partial charge is 0.0964 e. The number of aliphatic carboxylic acids is 1. The fourth-order valence-corrected chi connectivity index (χ4v) is 2.00. The van der Waals surface area contributed by atoms with E-state index in [1.807, 2.05) is 19.1 Å². The second-order valence-electron chi connectivity index (χ2n) is 6.27. The number of carbonyl (C=O) groups is 2. The molecule has 0 aliphatic carbocycles. The third kappa shape index (κ3) is 14.3. The number of fused-ring (bicyclic) bond motifs is 3. The van der Waals surface area contributed by atoms with Gasteiger partial charge in [0.2, 0.25) is 0 Å². The van der Waals surface area contributed by atoms with Gasteiger partial charge in [-0.3, -0.25) is 9.97 Å². The molecule has 0 aliphatic heterocycles. The van der Waals surface area contributed by atoms with Gasteiger partial charge in [0.1, 0.15) is 6.10 Å². The minimum absolute atomic E-state index is 0. The van der Waals surface area contributed by atoms with Gasteiger partial charge in [-0.1, -0.05) is 31.2 Å². The maximum absolute atomic E-state index is 10.5. The van der Waals surface area contributed by atoms with Gasteiger partial charge in [-0.15, -0.1) is 0 Å². The first kappa shape index (κ1) is 35.7. The van der Waals surface area contributed by atoms with Crippen molar-refractivity contribution in [1.29, 1.82) is 0 Å². The van der Waals surface area contributed by atoms with Crippen LogP contribution in [0.3, 0.4) is 0 Å². The second kappa shape index (κ2) is 20.7. The van der Waals surface area contributed by atoms with Crippen molar-refractivity contribution in [2.24, 2.45) is 0 Å². The minimum Gasteiger partial charge on any atom is -0.254 e. The molecule has 0 aliphatic rings. The van der Waals surface area contributed by atoms with E-state index in [1.54, 1.807) is 12.4 Å². The number of aliphatic hydroxyl groups excluding tert-OH is 1. The fraction of sp³-hybridized carbons (Fsp3) is 0.208. The molecule has 34 heavy (non-hydrogen) atoms. The van der Waals surface area contributed by atoms with Gasteiger partial charge in [0.25, 0.3) is 0 Å². The zero-order chi connectivity index (χ0) is 26.0. The van der Waals surface area contributed by atoms with E-state index in [1.165, 1.54) is 13.8 Å². The predicted octanol–water partition coefficient (Wildman–Crippen LogP) is 3.34. The van der Waals surface area contributed by atoms with Crippen LogP contribution in [-0.2, 0) is 44.7 Å². The molecule has 0 amide bonds. The van der Waals surface area contributed by atoms with Crippen molar-refractivity contribution in [3.05, 3.63) is 81.9 Å². The average Bonchev–Trinajstić information content (AvgIpc) is 2.81. The van der Waals surface area contributed by atoms with E-state index < -0.39 is 24.1 Å². The number of ether oxygens (including phenoxy) is 1. The molecule has 2 unspecified atom stereocenters. The maximum atomic E-state index is 10.5. The first-order chi connectivity index (χ1) is 15.6. The first-order valence-corrected chi connectivity index (χ1v) is 9.21. The van der Waals surface area contributed by atoms with Crippen molar-refractivity contribution in [2.45, 2.75) is 33.0 Å². The maximum Gasteiger partial charge on any atom is 0.0964 e. The minimum atomic E-state index is -1.28. The molecule has 2 heterocycles. The summed E-state index contributed by atoms with van der Waals surface area (Å²) in [7, 11) is 0. The molecule has 3 rings (SSSR count). The number of hydrogen-bond acceptors (Lipinski definition) is 6. The van der Waals surface area contributed by atoms with Crippen molar-refractivity contribution < 1.29 is 54.9 Å². The number of carboxylic acids is 1. The van der Waals surface area contributed by atoms with Gasteiger partial charge in [-0.25, -0.2) is 9.59 Å². The van der Waals surface area contributed by atoms with Gasteiger partial charge < -0.3 is 14.9 Å².